The number of piperazine rings is 1. The largest absolute Gasteiger partial charge is 0.366 e. The van der Waals surface area contributed by atoms with Crippen LogP contribution in [-0.4, -0.2) is 41.1 Å². The maximum absolute atomic E-state index is 14.2. The molecule has 8 nitrogen and oxygen atoms in total. The number of anilines is 4. The van der Waals surface area contributed by atoms with Crippen LogP contribution >= 0.6 is 15.9 Å². The van der Waals surface area contributed by atoms with Gasteiger partial charge in [-0.15, -0.1) is 0 Å². The molecule has 160 valence electrons. The number of hydrogen-bond donors (Lipinski definition) is 1. The van der Waals surface area contributed by atoms with Crippen LogP contribution in [0.4, 0.5) is 37.5 Å². The lowest BCUT2D eigenvalue weighted by Crippen LogP contribution is -2.47. The maximum Gasteiger partial charge on any atom is 0.353 e. The summed E-state index contributed by atoms with van der Waals surface area (Å²) in [5, 5.41) is 14.5. The molecule has 2 heterocycles. The first kappa shape index (κ1) is 20.9. The molecule has 0 atom stereocenters. The average molecular weight is 491 g/mol. The van der Waals surface area contributed by atoms with Crippen molar-refractivity contribution in [3.63, 3.8) is 0 Å². The Morgan fingerprint density at radius 3 is 2.39 bits per heavy atom. The number of para-hydroxylation sites is 1. The molecule has 1 fully saturated rings. The van der Waals surface area contributed by atoms with E-state index in [0.29, 0.717) is 36.3 Å². The van der Waals surface area contributed by atoms with E-state index in [2.05, 4.69) is 31.2 Å². The first-order valence-corrected chi connectivity index (χ1v) is 10.2. The summed E-state index contributed by atoms with van der Waals surface area (Å²) in [4.78, 5) is 23.0. The van der Waals surface area contributed by atoms with Crippen LogP contribution in [0.15, 0.2) is 53.3 Å². The summed E-state index contributed by atoms with van der Waals surface area (Å²) in [6.07, 6.45) is 1.20. The molecule has 2 aromatic carbocycles. The molecule has 0 aliphatic carbocycles. The van der Waals surface area contributed by atoms with Crippen LogP contribution in [0.25, 0.3) is 0 Å². The summed E-state index contributed by atoms with van der Waals surface area (Å²) >= 11 is 3.17. The van der Waals surface area contributed by atoms with Crippen molar-refractivity contribution in [3.8, 4) is 0 Å². The van der Waals surface area contributed by atoms with Crippen molar-refractivity contribution in [2.24, 2.45) is 0 Å². The van der Waals surface area contributed by atoms with Crippen molar-refractivity contribution in [1.29, 1.82) is 0 Å². The second-order valence-corrected chi connectivity index (χ2v) is 7.74. The first-order valence-electron chi connectivity index (χ1n) is 9.40. The Bertz CT molecular complexity index is 1120. The van der Waals surface area contributed by atoms with Gasteiger partial charge in [-0.1, -0.05) is 28.1 Å². The fourth-order valence-corrected chi connectivity index (χ4v) is 3.78. The predicted molar refractivity (Wildman–Crippen MR) is 117 cm³/mol. The number of aromatic nitrogens is 2. The third-order valence-corrected chi connectivity index (χ3v) is 5.44. The molecule has 3 aromatic rings. The van der Waals surface area contributed by atoms with Gasteiger partial charge in [-0.05, 0) is 30.3 Å². The summed E-state index contributed by atoms with van der Waals surface area (Å²) in [5.41, 5.74) is 0.205. The molecule has 1 aromatic heterocycles. The van der Waals surface area contributed by atoms with Crippen LogP contribution in [0, 0.1) is 21.7 Å². The smallest absolute Gasteiger partial charge is 0.353 e. The molecule has 1 saturated heterocycles. The topological polar surface area (TPSA) is 87.4 Å². The highest BCUT2D eigenvalue weighted by atomic mass is 79.9. The molecule has 0 bridgehead atoms. The lowest BCUT2D eigenvalue weighted by Gasteiger charge is -2.36. The molecule has 0 saturated carbocycles. The Morgan fingerprint density at radius 1 is 1.00 bits per heavy atom. The molecule has 1 aliphatic rings. The third kappa shape index (κ3) is 4.41. The molecular weight excluding hydrogens is 474 g/mol. The van der Waals surface area contributed by atoms with Gasteiger partial charge in [-0.2, -0.15) is 0 Å². The molecule has 0 unspecified atom stereocenters. The van der Waals surface area contributed by atoms with E-state index < -0.39 is 10.7 Å². The Kier molecular flexibility index (Phi) is 5.94. The van der Waals surface area contributed by atoms with Crippen LogP contribution in [0.3, 0.4) is 0 Å². The second kappa shape index (κ2) is 8.80. The lowest BCUT2D eigenvalue weighted by atomic mass is 10.2. The molecule has 0 amide bonds. The Labute approximate surface area is 184 Å². The van der Waals surface area contributed by atoms with Gasteiger partial charge in [0.25, 0.3) is 0 Å². The van der Waals surface area contributed by atoms with E-state index in [1.165, 1.54) is 24.5 Å². The van der Waals surface area contributed by atoms with E-state index in [1.54, 1.807) is 29.2 Å². The quantitative estimate of drug-likeness (QED) is 0.416. The number of nitrogens with zero attached hydrogens (tertiary/aromatic N) is 5. The molecule has 4 rings (SSSR count). The lowest BCUT2D eigenvalue weighted by molar-refractivity contribution is -0.383. The Hall–Kier alpha value is -3.34. The van der Waals surface area contributed by atoms with Gasteiger partial charge in [0.15, 0.2) is 0 Å². The van der Waals surface area contributed by atoms with E-state index in [4.69, 9.17) is 0 Å². The fraction of sp³-hybridized carbons (Fsp3) is 0.200. The minimum absolute atomic E-state index is 0.0559. The molecular formula is C20H17BrF2N6O2. The van der Waals surface area contributed by atoms with E-state index >= 15 is 0 Å². The summed E-state index contributed by atoms with van der Waals surface area (Å²) in [6.45, 7) is 1.73. The summed E-state index contributed by atoms with van der Waals surface area (Å²) in [6, 6.07) is 10.8. The minimum Gasteiger partial charge on any atom is -0.366 e. The van der Waals surface area contributed by atoms with Gasteiger partial charge in [0.05, 0.1) is 16.3 Å². The van der Waals surface area contributed by atoms with E-state index in [1.807, 2.05) is 4.90 Å². The Balaban J connectivity index is 1.58. The predicted octanol–water partition coefficient (Wildman–Crippen LogP) is 4.50. The highest BCUT2D eigenvalue weighted by Crippen LogP contribution is 2.35. The van der Waals surface area contributed by atoms with Crippen molar-refractivity contribution in [2.75, 3.05) is 41.3 Å². The monoisotopic (exact) mass is 490 g/mol. The van der Waals surface area contributed by atoms with Crippen LogP contribution < -0.4 is 15.1 Å². The number of nitrogens with one attached hydrogen (secondary N) is 1. The van der Waals surface area contributed by atoms with Gasteiger partial charge in [0.1, 0.15) is 18.0 Å². The highest BCUT2D eigenvalue weighted by molar-refractivity contribution is 9.10. The van der Waals surface area contributed by atoms with Crippen molar-refractivity contribution in [2.45, 2.75) is 0 Å². The summed E-state index contributed by atoms with van der Waals surface area (Å²) in [5.74, 6) is -0.865. The van der Waals surface area contributed by atoms with Gasteiger partial charge in [0.2, 0.25) is 11.6 Å². The average Bonchev–Trinajstić information content (AvgIpc) is 2.76. The SMILES string of the molecule is O=[N+]([O-])c1c(Nc2ccc(Br)cc2F)ncnc1N1CCN(c2ccccc2F)CC1. The van der Waals surface area contributed by atoms with E-state index in [9.17, 15) is 18.9 Å². The van der Waals surface area contributed by atoms with Crippen molar-refractivity contribution in [1.82, 2.24) is 9.97 Å². The standard InChI is InChI=1S/C20H17BrF2N6O2/c21-13-5-6-16(15(23)11-13)26-19-18(29(30)31)20(25-12-24-19)28-9-7-27(8-10-28)17-4-2-1-3-14(17)22/h1-6,11-12H,7-10H2,(H,24,25,26). The number of hydrogen-bond acceptors (Lipinski definition) is 7. The first-order chi connectivity index (χ1) is 14.9. The molecule has 0 spiro atoms. The van der Waals surface area contributed by atoms with Crippen LogP contribution in [0.5, 0.6) is 0 Å². The van der Waals surface area contributed by atoms with E-state index in [0.717, 1.165) is 0 Å². The zero-order chi connectivity index (χ0) is 22.0. The van der Waals surface area contributed by atoms with Crippen LogP contribution in [-0.2, 0) is 0 Å². The summed E-state index contributed by atoms with van der Waals surface area (Å²) in [7, 11) is 0. The summed E-state index contributed by atoms with van der Waals surface area (Å²) < 4.78 is 28.8. The van der Waals surface area contributed by atoms with Gasteiger partial charge in [-0.3, -0.25) is 10.1 Å². The van der Waals surface area contributed by atoms with Crippen LogP contribution in [0.2, 0.25) is 0 Å². The van der Waals surface area contributed by atoms with Gasteiger partial charge in [-0.25, -0.2) is 18.7 Å². The zero-order valence-corrected chi connectivity index (χ0v) is 17.7. The van der Waals surface area contributed by atoms with Crippen molar-refractivity contribution >= 4 is 44.6 Å². The van der Waals surface area contributed by atoms with E-state index in [-0.39, 0.29) is 28.8 Å². The van der Waals surface area contributed by atoms with Crippen molar-refractivity contribution in [3.05, 3.63) is 75.0 Å². The minimum atomic E-state index is -0.586. The zero-order valence-electron chi connectivity index (χ0n) is 16.1. The number of nitro groups is 1. The number of halogens is 3. The third-order valence-electron chi connectivity index (χ3n) is 4.94. The molecule has 11 heteroatoms. The van der Waals surface area contributed by atoms with Crippen LogP contribution in [0.1, 0.15) is 0 Å². The molecule has 0 radical (unpaired) electrons. The Morgan fingerprint density at radius 2 is 1.71 bits per heavy atom. The normalized spacial score (nSPS) is 13.9. The molecule has 1 N–H and O–H groups in total. The van der Waals surface area contributed by atoms with Gasteiger partial charge < -0.3 is 15.1 Å². The number of benzene rings is 2. The highest BCUT2D eigenvalue weighted by Gasteiger charge is 2.30. The van der Waals surface area contributed by atoms with Gasteiger partial charge >= 0.3 is 5.69 Å². The molecule has 31 heavy (non-hydrogen) atoms. The second-order valence-electron chi connectivity index (χ2n) is 6.83. The van der Waals surface area contributed by atoms with Gasteiger partial charge in [0, 0.05) is 30.7 Å². The number of rotatable bonds is 5. The fourth-order valence-electron chi connectivity index (χ4n) is 3.45. The molecule has 1 aliphatic heterocycles. The van der Waals surface area contributed by atoms with Crippen molar-refractivity contribution < 1.29 is 13.7 Å². The maximum atomic E-state index is 14.2.